The molecule has 0 aromatic carbocycles. The van der Waals surface area contributed by atoms with Crippen molar-refractivity contribution in [2.45, 2.75) is 39.7 Å². The highest BCUT2D eigenvalue weighted by Gasteiger charge is 2.18. The van der Waals surface area contributed by atoms with Gasteiger partial charge in [0.2, 0.25) is 0 Å². The standard InChI is InChI=1S/C13H22N2O2S/c1-6-17-12(16)8-15(5)7-11-14-10(9-18-11)13(2,3)4/h9H,6-8H2,1-5H3. The SMILES string of the molecule is CCOC(=O)CN(C)Cc1nc(C(C)(C)C)cs1. The summed E-state index contributed by atoms with van der Waals surface area (Å²) in [4.78, 5) is 17.8. The molecule has 0 saturated heterocycles. The Hall–Kier alpha value is -0.940. The number of ether oxygens (including phenoxy) is 1. The Morgan fingerprint density at radius 1 is 1.50 bits per heavy atom. The van der Waals surface area contributed by atoms with Crippen LogP contribution in [0.5, 0.6) is 0 Å². The number of carbonyl (C=O) groups excluding carboxylic acids is 1. The fourth-order valence-corrected chi connectivity index (χ4v) is 2.54. The molecule has 0 aliphatic rings. The van der Waals surface area contributed by atoms with Crippen molar-refractivity contribution >= 4 is 17.3 Å². The van der Waals surface area contributed by atoms with E-state index in [0.29, 0.717) is 19.7 Å². The lowest BCUT2D eigenvalue weighted by Gasteiger charge is -2.15. The largest absolute Gasteiger partial charge is 0.465 e. The molecule has 1 aromatic heterocycles. The molecule has 0 spiro atoms. The van der Waals surface area contributed by atoms with E-state index in [2.05, 4.69) is 31.1 Å². The second-order valence-corrected chi connectivity index (χ2v) is 6.30. The van der Waals surface area contributed by atoms with Gasteiger partial charge in [0.05, 0.1) is 25.4 Å². The molecule has 0 radical (unpaired) electrons. The molecule has 102 valence electrons. The average molecular weight is 270 g/mol. The van der Waals surface area contributed by atoms with Crippen LogP contribution in [-0.4, -0.2) is 36.1 Å². The third-order valence-corrected chi connectivity index (χ3v) is 3.26. The average Bonchev–Trinajstić information content (AvgIpc) is 2.65. The van der Waals surface area contributed by atoms with Crippen LogP contribution in [-0.2, 0) is 21.5 Å². The fourth-order valence-electron chi connectivity index (χ4n) is 1.44. The number of carbonyl (C=O) groups is 1. The van der Waals surface area contributed by atoms with Gasteiger partial charge in [-0.25, -0.2) is 4.98 Å². The predicted octanol–water partition coefficient (Wildman–Crippen LogP) is 2.44. The minimum absolute atomic E-state index is 0.0778. The summed E-state index contributed by atoms with van der Waals surface area (Å²) in [6.07, 6.45) is 0. The minimum atomic E-state index is -0.187. The summed E-state index contributed by atoms with van der Waals surface area (Å²) >= 11 is 1.64. The van der Waals surface area contributed by atoms with Crippen molar-refractivity contribution in [3.63, 3.8) is 0 Å². The van der Waals surface area contributed by atoms with Crippen LogP contribution < -0.4 is 0 Å². The number of esters is 1. The molecule has 18 heavy (non-hydrogen) atoms. The predicted molar refractivity (Wildman–Crippen MR) is 73.8 cm³/mol. The molecule has 1 rings (SSSR count). The summed E-state index contributed by atoms with van der Waals surface area (Å²) in [5.74, 6) is -0.187. The van der Waals surface area contributed by atoms with Gasteiger partial charge in [-0.15, -0.1) is 11.3 Å². The molecule has 0 atom stereocenters. The number of likely N-dealkylation sites (N-methyl/N-ethyl adjacent to an activating group) is 1. The van der Waals surface area contributed by atoms with Crippen LogP contribution in [0.2, 0.25) is 0 Å². The van der Waals surface area contributed by atoms with Crippen LogP contribution in [0, 0.1) is 0 Å². The normalized spacial score (nSPS) is 11.9. The quantitative estimate of drug-likeness (QED) is 0.771. The lowest BCUT2D eigenvalue weighted by atomic mass is 9.93. The van der Waals surface area contributed by atoms with Crippen molar-refractivity contribution in [1.29, 1.82) is 0 Å². The highest BCUT2D eigenvalue weighted by molar-refractivity contribution is 7.09. The molecule has 1 heterocycles. The number of rotatable bonds is 5. The first-order valence-corrected chi connectivity index (χ1v) is 7.00. The van der Waals surface area contributed by atoms with E-state index in [0.717, 1.165) is 10.7 Å². The summed E-state index contributed by atoms with van der Waals surface area (Å²) in [7, 11) is 1.90. The summed E-state index contributed by atoms with van der Waals surface area (Å²) in [5, 5.41) is 3.12. The lowest BCUT2D eigenvalue weighted by molar-refractivity contribution is -0.144. The number of aromatic nitrogens is 1. The third kappa shape index (κ3) is 4.74. The lowest BCUT2D eigenvalue weighted by Crippen LogP contribution is -2.27. The van der Waals surface area contributed by atoms with Gasteiger partial charge in [-0.3, -0.25) is 9.69 Å². The summed E-state index contributed by atoms with van der Waals surface area (Å²) in [6, 6.07) is 0. The van der Waals surface area contributed by atoms with Crippen LogP contribution >= 0.6 is 11.3 Å². The summed E-state index contributed by atoms with van der Waals surface area (Å²) < 4.78 is 4.91. The zero-order chi connectivity index (χ0) is 13.8. The van der Waals surface area contributed by atoms with Crippen molar-refractivity contribution in [3.8, 4) is 0 Å². The topological polar surface area (TPSA) is 42.4 Å². The van der Waals surface area contributed by atoms with E-state index in [1.165, 1.54) is 0 Å². The van der Waals surface area contributed by atoms with Gasteiger partial charge in [-0.2, -0.15) is 0 Å². The van der Waals surface area contributed by atoms with E-state index in [-0.39, 0.29) is 11.4 Å². The Bertz CT molecular complexity index is 396. The molecule has 0 aliphatic carbocycles. The van der Waals surface area contributed by atoms with Crippen LogP contribution in [0.15, 0.2) is 5.38 Å². The second-order valence-electron chi connectivity index (χ2n) is 5.35. The molecule has 0 aliphatic heterocycles. The second kappa shape index (κ2) is 6.29. The van der Waals surface area contributed by atoms with Gasteiger partial charge < -0.3 is 4.74 Å². The Morgan fingerprint density at radius 3 is 2.67 bits per heavy atom. The molecule has 5 heteroatoms. The van der Waals surface area contributed by atoms with E-state index in [1.807, 2.05) is 18.9 Å². The molecule has 0 bridgehead atoms. The number of hydrogen-bond donors (Lipinski definition) is 0. The third-order valence-electron chi connectivity index (χ3n) is 2.43. The van der Waals surface area contributed by atoms with Crippen molar-refractivity contribution in [2.24, 2.45) is 0 Å². The maximum atomic E-state index is 11.3. The molecule has 0 N–H and O–H groups in total. The highest BCUT2D eigenvalue weighted by atomic mass is 32.1. The molecule has 0 unspecified atom stereocenters. The van der Waals surface area contributed by atoms with Gasteiger partial charge >= 0.3 is 5.97 Å². The first-order chi connectivity index (χ1) is 8.32. The van der Waals surface area contributed by atoms with Crippen molar-refractivity contribution in [2.75, 3.05) is 20.2 Å². The smallest absolute Gasteiger partial charge is 0.320 e. The van der Waals surface area contributed by atoms with Gasteiger partial charge in [0, 0.05) is 10.8 Å². The molecule has 0 saturated carbocycles. The van der Waals surface area contributed by atoms with E-state index in [4.69, 9.17) is 4.74 Å². The van der Waals surface area contributed by atoms with Gasteiger partial charge in [-0.1, -0.05) is 20.8 Å². The number of thiazole rings is 1. The Morgan fingerprint density at radius 2 is 2.17 bits per heavy atom. The maximum Gasteiger partial charge on any atom is 0.320 e. The summed E-state index contributed by atoms with van der Waals surface area (Å²) in [6.45, 7) is 9.67. The highest BCUT2D eigenvalue weighted by Crippen LogP contribution is 2.24. The fraction of sp³-hybridized carbons (Fsp3) is 0.692. The van der Waals surface area contributed by atoms with Crippen LogP contribution in [0.3, 0.4) is 0 Å². The molecular formula is C13H22N2O2S. The summed E-state index contributed by atoms with van der Waals surface area (Å²) in [5.41, 5.74) is 1.18. The monoisotopic (exact) mass is 270 g/mol. The Labute approximate surface area is 113 Å². The van der Waals surface area contributed by atoms with E-state index in [1.54, 1.807) is 11.3 Å². The van der Waals surface area contributed by atoms with Gasteiger partial charge in [0.15, 0.2) is 0 Å². The van der Waals surface area contributed by atoms with Gasteiger partial charge in [0.25, 0.3) is 0 Å². The molecule has 0 fully saturated rings. The van der Waals surface area contributed by atoms with E-state index < -0.39 is 0 Å². The van der Waals surface area contributed by atoms with E-state index in [9.17, 15) is 4.79 Å². The first-order valence-electron chi connectivity index (χ1n) is 6.12. The zero-order valence-corrected chi connectivity index (χ0v) is 12.6. The van der Waals surface area contributed by atoms with Crippen molar-refractivity contribution in [3.05, 3.63) is 16.1 Å². The Balaban J connectivity index is 2.52. The zero-order valence-electron chi connectivity index (χ0n) is 11.8. The number of nitrogens with zero attached hydrogens (tertiary/aromatic N) is 2. The Kier molecular flexibility index (Phi) is 5.28. The van der Waals surface area contributed by atoms with Crippen LogP contribution in [0.4, 0.5) is 0 Å². The maximum absolute atomic E-state index is 11.3. The van der Waals surface area contributed by atoms with Gasteiger partial charge in [-0.05, 0) is 14.0 Å². The van der Waals surface area contributed by atoms with E-state index >= 15 is 0 Å². The van der Waals surface area contributed by atoms with Crippen LogP contribution in [0.25, 0.3) is 0 Å². The van der Waals surface area contributed by atoms with Gasteiger partial charge in [0.1, 0.15) is 5.01 Å². The van der Waals surface area contributed by atoms with Crippen molar-refractivity contribution < 1.29 is 9.53 Å². The molecule has 1 aromatic rings. The first kappa shape index (κ1) is 15.1. The minimum Gasteiger partial charge on any atom is -0.465 e. The number of hydrogen-bond acceptors (Lipinski definition) is 5. The molecule has 4 nitrogen and oxygen atoms in total. The molecule has 0 amide bonds. The molecular weight excluding hydrogens is 248 g/mol. The van der Waals surface area contributed by atoms with Crippen LogP contribution in [0.1, 0.15) is 38.4 Å². The van der Waals surface area contributed by atoms with Crippen molar-refractivity contribution in [1.82, 2.24) is 9.88 Å².